The van der Waals surface area contributed by atoms with Crippen LogP contribution in [0.1, 0.15) is 19.3 Å². The van der Waals surface area contributed by atoms with E-state index in [2.05, 4.69) is 33.2 Å². The van der Waals surface area contributed by atoms with E-state index in [0.29, 0.717) is 11.7 Å². The number of rotatable bonds is 3. The van der Waals surface area contributed by atoms with E-state index in [4.69, 9.17) is 0 Å². The number of hydrogen-bond acceptors (Lipinski definition) is 4. The largest absolute Gasteiger partial charge is 0.377 e. The normalized spacial score (nSPS) is 20.2. The lowest BCUT2D eigenvalue weighted by molar-refractivity contribution is -0.384. The number of halogens is 1. The molecule has 2 rings (SSSR count). The first kappa shape index (κ1) is 13.5. The van der Waals surface area contributed by atoms with Gasteiger partial charge in [0.05, 0.1) is 4.92 Å². The number of hydrogen-bond donors (Lipinski definition) is 2. The van der Waals surface area contributed by atoms with Crippen LogP contribution in [-0.2, 0) is 0 Å². The van der Waals surface area contributed by atoms with E-state index in [1.54, 1.807) is 12.1 Å². The first-order valence-electron chi connectivity index (χ1n) is 6.08. The Hall–Kier alpha value is -0.890. The summed E-state index contributed by atoms with van der Waals surface area (Å²) in [5.74, 6) is 0. The number of benzene rings is 1. The van der Waals surface area contributed by atoms with Gasteiger partial charge in [0.25, 0.3) is 5.69 Å². The topological polar surface area (TPSA) is 67.2 Å². The molecule has 1 atom stereocenters. The van der Waals surface area contributed by atoms with Gasteiger partial charge >= 0.3 is 0 Å². The zero-order valence-electron chi connectivity index (χ0n) is 9.99. The van der Waals surface area contributed by atoms with Gasteiger partial charge in [-0.15, -0.1) is 0 Å². The van der Waals surface area contributed by atoms with Crippen LogP contribution in [0.4, 0.5) is 11.4 Å². The van der Waals surface area contributed by atoms with Gasteiger partial charge in [0.2, 0.25) is 0 Å². The van der Waals surface area contributed by atoms with Gasteiger partial charge < -0.3 is 10.6 Å². The molecule has 0 aliphatic carbocycles. The number of nitrogens with one attached hydrogen (secondary N) is 2. The van der Waals surface area contributed by atoms with Crippen molar-refractivity contribution in [1.29, 1.82) is 0 Å². The van der Waals surface area contributed by atoms with Crippen LogP contribution in [0, 0.1) is 13.7 Å². The average Bonchev–Trinajstić information content (AvgIpc) is 2.60. The second kappa shape index (κ2) is 6.33. The smallest absolute Gasteiger partial charge is 0.293 e. The molecule has 5 nitrogen and oxygen atoms in total. The Kier molecular flexibility index (Phi) is 4.76. The lowest BCUT2D eigenvalue weighted by atomic mass is 10.1. The van der Waals surface area contributed by atoms with E-state index in [-0.39, 0.29) is 10.6 Å². The molecule has 0 saturated carbocycles. The maximum absolute atomic E-state index is 11.0. The summed E-state index contributed by atoms with van der Waals surface area (Å²) in [7, 11) is 0. The van der Waals surface area contributed by atoms with Gasteiger partial charge in [-0.05, 0) is 67.1 Å². The van der Waals surface area contributed by atoms with Crippen molar-refractivity contribution >= 4 is 34.0 Å². The fourth-order valence-corrected chi connectivity index (χ4v) is 2.64. The Balaban J connectivity index is 2.14. The van der Waals surface area contributed by atoms with Crippen LogP contribution in [0.5, 0.6) is 0 Å². The molecule has 0 bridgehead atoms. The fourth-order valence-electron chi connectivity index (χ4n) is 2.16. The van der Waals surface area contributed by atoms with Crippen molar-refractivity contribution in [2.24, 2.45) is 0 Å². The Morgan fingerprint density at radius 2 is 2.22 bits per heavy atom. The summed E-state index contributed by atoms with van der Waals surface area (Å²) in [6.45, 7) is 2.00. The second-order valence-electron chi connectivity index (χ2n) is 4.44. The molecule has 0 aromatic heterocycles. The molecule has 1 aliphatic rings. The van der Waals surface area contributed by atoms with Gasteiger partial charge in [-0.25, -0.2) is 0 Å². The standard InChI is InChI=1S/C12H16IN3O2/c13-9-3-4-11(12(8-9)16(17)18)15-10-2-1-6-14-7-5-10/h3-4,8,10,14-15H,1-2,5-7H2. The van der Waals surface area contributed by atoms with Crippen LogP contribution in [0.3, 0.4) is 0 Å². The summed E-state index contributed by atoms with van der Waals surface area (Å²) in [5, 5.41) is 17.7. The average molecular weight is 361 g/mol. The van der Waals surface area contributed by atoms with Gasteiger partial charge in [0.15, 0.2) is 0 Å². The number of nitrogens with zero attached hydrogens (tertiary/aromatic N) is 1. The molecule has 1 aromatic rings. The molecule has 18 heavy (non-hydrogen) atoms. The predicted molar refractivity (Wildman–Crippen MR) is 79.9 cm³/mol. The summed E-state index contributed by atoms with van der Waals surface area (Å²) in [4.78, 5) is 10.7. The van der Waals surface area contributed by atoms with Crippen molar-refractivity contribution in [2.45, 2.75) is 25.3 Å². The van der Waals surface area contributed by atoms with Gasteiger partial charge in [-0.3, -0.25) is 10.1 Å². The first-order valence-corrected chi connectivity index (χ1v) is 7.16. The van der Waals surface area contributed by atoms with Crippen LogP contribution in [0.25, 0.3) is 0 Å². The van der Waals surface area contributed by atoms with Crippen molar-refractivity contribution < 1.29 is 4.92 Å². The van der Waals surface area contributed by atoms with Gasteiger partial charge in [-0.1, -0.05) is 0 Å². The number of nitro benzene ring substituents is 1. The zero-order valence-corrected chi connectivity index (χ0v) is 12.1. The minimum Gasteiger partial charge on any atom is -0.377 e. The predicted octanol–water partition coefficient (Wildman–Crippen LogP) is 2.75. The highest BCUT2D eigenvalue weighted by molar-refractivity contribution is 14.1. The lowest BCUT2D eigenvalue weighted by Crippen LogP contribution is -2.22. The molecule has 1 aliphatic heterocycles. The Labute approximate surface area is 120 Å². The van der Waals surface area contributed by atoms with E-state index in [9.17, 15) is 10.1 Å². The monoisotopic (exact) mass is 361 g/mol. The number of nitro groups is 1. The third kappa shape index (κ3) is 3.55. The van der Waals surface area contributed by atoms with Crippen molar-refractivity contribution in [1.82, 2.24) is 5.32 Å². The van der Waals surface area contributed by atoms with Crippen molar-refractivity contribution in [3.05, 3.63) is 31.9 Å². The Bertz CT molecular complexity index is 431. The number of anilines is 1. The second-order valence-corrected chi connectivity index (χ2v) is 5.69. The van der Waals surface area contributed by atoms with Gasteiger partial charge in [0.1, 0.15) is 5.69 Å². The molecular formula is C12H16IN3O2. The lowest BCUT2D eigenvalue weighted by Gasteiger charge is -2.17. The van der Waals surface area contributed by atoms with Gasteiger partial charge in [-0.2, -0.15) is 0 Å². The van der Waals surface area contributed by atoms with E-state index in [0.717, 1.165) is 35.9 Å². The Morgan fingerprint density at radius 3 is 3.00 bits per heavy atom. The maximum Gasteiger partial charge on any atom is 0.293 e. The molecule has 1 fully saturated rings. The molecule has 1 saturated heterocycles. The van der Waals surface area contributed by atoms with Crippen LogP contribution in [-0.4, -0.2) is 24.1 Å². The van der Waals surface area contributed by atoms with E-state index in [1.807, 2.05) is 6.07 Å². The molecule has 2 N–H and O–H groups in total. The van der Waals surface area contributed by atoms with Crippen LogP contribution in [0.2, 0.25) is 0 Å². The van der Waals surface area contributed by atoms with E-state index < -0.39 is 0 Å². The summed E-state index contributed by atoms with van der Waals surface area (Å²) >= 11 is 2.09. The molecule has 1 aromatic carbocycles. The summed E-state index contributed by atoms with van der Waals surface area (Å²) in [6, 6.07) is 5.62. The summed E-state index contributed by atoms with van der Waals surface area (Å²) in [6.07, 6.45) is 3.16. The van der Waals surface area contributed by atoms with Crippen molar-refractivity contribution in [3.8, 4) is 0 Å². The Morgan fingerprint density at radius 1 is 1.39 bits per heavy atom. The quantitative estimate of drug-likeness (QED) is 0.494. The van der Waals surface area contributed by atoms with Crippen LogP contribution in [0.15, 0.2) is 18.2 Å². The first-order chi connectivity index (χ1) is 8.66. The highest BCUT2D eigenvalue weighted by Crippen LogP contribution is 2.28. The van der Waals surface area contributed by atoms with Crippen molar-refractivity contribution in [2.75, 3.05) is 18.4 Å². The molecule has 6 heteroatoms. The molecule has 1 heterocycles. The molecule has 0 amide bonds. The van der Waals surface area contributed by atoms with E-state index >= 15 is 0 Å². The summed E-state index contributed by atoms with van der Waals surface area (Å²) in [5.41, 5.74) is 0.798. The molecule has 98 valence electrons. The zero-order chi connectivity index (χ0) is 13.0. The molecule has 0 radical (unpaired) electrons. The van der Waals surface area contributed by atoms with Crippen LogP contribution >= 0.6 is 22.6 Å². The molecule has 0 spiro atoms. The molecule has 1 unspecified atom stereocenters. The highest BCUT2D eigenvalue weighted by Gasteiger charge is 2.18. The van der Waals surface area contributed by atoms with Gasteiger partial charge in [0, 0.05) is 15.7 Å². The van der Waals surface area contributed by atoms with E-state index in [1.165, 1.54) is 0 Å². The highest BCUT2D eigenvalue weighted by atomic mass is 127. The third-order valence-electron chi connectivity index (χ3n) is 3.09. The summed E-state index contributed by atoms with van der Waals surface area (Å²) < 4.78 is 0.882. The fraction of sp³-hybridized carbons (Fsp3) is 0.500. The van der Waals surface area contributed by atoms with Crippen molar-refractivity contribution in [3.63, 3.8) is 0 Å². The molecular weight excluding hydrogens is 345 g/mol. The third-order valence-corrected chi connectivity index (χ3v) is 3.76. The minimum atomic E-state index is -0.320. The SMILES string of the molecule is O=[N+]([O-])c1cc(I)ccc1NC1CCCNCC1. The van der Waals surface area contributed by atoms with Crippen LogP contribution < -0.4 is 10.6 Å². The minimum absolute atomic E-state index is 0.166. The maximum atomic E-state index is 11.0.